The number of nitrogens with one attached hydrogen (secondary N) is 1. The first-order valence-corrected chi connectivity index (χ1v) is 11.9. The van der Waals surface area contributed by atoms with Gasteiger partial charge in [-0.25, -0.2) is 14.0 Å². The van der Waals surface area contributed by atoms with Crippen molar-refractivity contribution < 1.29 is 37.4 Å². The van der Waals surface area contributed by atoms with Crippen molar-refractivity contribution in [3.05, 3.63) is 87.2 Å². The number of furan rings is 1. The highest BCUT2D eigenvalue weighted by atomic mass is 79.9. The van der Waals surface area contributed by atoms with Gasteiger partial charge >= 0.3 is 12.0 Å². The Morgan fingerprint density at radius 3 is 2.54 bits per heavy atom. The number of benzene rings is 2. The highest BCUT2D eigenvalue weighted by molar-refractivity contribution is 9.10. The largest absolute Gasteiger partial charge is 0.490 e. The molecule has 1 saturated heterocycles. The molecule has 1 fully saturated rings. The second-order valence-electron chi connectivity index (χ2n) is 7.81. The van der Waals surface area contributed by atoms with E-state index >= 15 is 0 Å². The van der Waals surface area contributed by atoms with Crippen LogP contribution in [-0.4, -0.2) is 36.5 Å². The molecule has 0 saturated carbocycles. The van der Waals surface area contributed by atoms with Gasteiger partial charge in [0.25, 0.3) is 5.91 Å². The van der Waals surface area contributed by atoms with Gasteiger partial charge in [0.1, 0.15) is 23.9 Å². The summed E-state index contributed by atoms with van der Waals surface area (Å²) in [4.78, 5) is 38.0. The third-order valence-electron chi connectivity index (χ3n) is 5.29. The van der Waals surface area contributed by atoms with Crippen LogP contribution in [0.1, 0.15) is 34.4 Å². The van der Waals surface area contributed by atoms with Gasteiger partial charge in [0.15, 0.2) is 11.5 Å². The van der Waals surface area contributed by atoms with Crippen molar-refractivity contribution in [2.45, 2.75) is 20.1 Å². The fourth-order valence-electron chi connectivity index (χ4n) is 3.48. The van der Waals surface area contributed by atoms with Crippen LogP contribution in [0.5, 0.6) is 11.5 Å². The van der Waals surface area contributed by atoms with Crippen molar-refractivity contribution in [2.24, 2.45) is 0 Å². The Labute approximate surface area is 219 Å². The van der Waals surface area contributed by atoms with E-state index in [0.29, 0.717) is 28.1 Å². The molecule has 2 heterocycles. The molecule has 2 aromatic carbocycles. The summed E-state index contributed by atoms with van der Waals surface area (Å²) in [5.74, 6) is -0.475. The fraction of sp³-hybridized carbons (Fsp3) is 0.192. The second kappa shape index (κ2) is 11.3. The number of nitrogens with zero attached hydrogens (tertiary/aromatic N) is 1. The minimum atomic E-state index is -0.663. The van der Waals surface area contributed by atoms with E-state index in [4.69, 9.17) is 13.9 Å². The van der Waals surface area contributed by atoms with Crippen molar-refractivity contribution in [2.75, 3.05) is 13.7 Å². The van der Waals surface area contributed by atoms with Crippen LogP contribution < -0.4 is 14.8 Å². The lowest BCUT2D eigenvalue weighted by Gasteiger charge is -2.14. The Morgan fingerprint density at radius 2 is 1.84 bits per heavy atom. The molecule has 1 aliphatic heterocycles. The van der Waals surface area contributed by atoms with Crippen molar-refractivity contribution in [3.63, 3.8) is 0 Å². The van der Waals surface area contributed by atoms with Crippen LogP contribution >= 0.6 is 15.9 Å². The third kappa shape index (κ3) is 6.00. The average Bonchev–Trinajstić information content (AvgIpc) is 3.46. The van der Waals surface area contributed by atoms with Crippen molar-refractivity contribution in [3.8, 4) is 11.5 Å². The van der Waals surface area contributed by atoms with Crippen LogP contribution in [0.4, 0.5) is 9.18 Å². The minimum absolute atomic E-state index is 0.0329. The number of methoxy groups -OCH3 is 1. The summed E-state index contributed by atoms with van der Waals surface area (Å²) >= 11 is 3.48. The summed E-state index contributed by atoms with van der Waals surface area (Å²) in [6.07, 6.45) is 1.51. The standard InChI is InChI=1S/C26H22BrFN2O7/c1-3-35-22-11-16(19(27)12-23(22)36-14-15-4-6-17(28)7-5-15)10-20-24(31)30(26(33)29-20)13-18-8-9-21(37-18)25(32)34-2/h4-12H,3,13-14H2,1-2H3,(H,29,33)/b20-10-. The average molecular weight is 573 g/mol. The topological polar surface area (TPSA) is 107 Å². The van der Waals surface area contributed by atoms with Crippen LogP contribution in [0, 0.1) is 5.82 Å². The zero-order valence-electron chi connectivity index (χ0n) is 19.9. The van der Waals surface area contributed by atoms with E-state index in [1.807, 2.05) is 6.92 Å². The molecule has 11 heteroatoms. The predicted molar refractivity (Wildman–Crippen MR) is 133 cm³/mol. The van der Waals surface area contributed by atoms with Crippen LogP contribution in [0.2, 0.25) is 0 Å². The van der Waals surface area contributed by atoms with E-state index in [2.05, 4.69) is 26.0 Å². The van der Waals surface area contributed by atoms with Crippen molar-refractivity contribution in [1.82, 2.24) is 10.2 Å². The Kier molecular flexibility index (Phi) is 7.92. The monoisotopic (exact) mass is 572 g/mol. The lowest BCUT2D eigenvalue weighted by Crippen LogP contribution is -2.30. The summed E-state index contributed by atoms with van der Waals surface area (Å²) in [5, 5.41) is 2.55. The number of carbonyl (C=O) groups is 3. The summed E-state index contributed by atoms with van der Waals surface area (Å²) in [5.41, 5.74) is 1.39. The number of rotatable bonds is 9. The molecule has 3 aromatic rings. The number of hydrogen-bond acceptors (Lipinski definition) is 7. The van der Waals surface area contributed by atoms with Gasteiger partial charge in [-0.15, -0.1) is 0 Å². The zero-order chi connectivity index (χ0) is 26.5. The zero-order valence-corrected chi connectivity index (χ0v) is 21.5. The summed E-state index contributed by atoms with van der Waals surface area (Å²) < 4.78 is 35.3. The summed E-state index contributed by atoms with van der Waals surface area (Å²) in [7, 11) is 1.22. The van der Waals surface area contributed by atoms with Crippen LogP contribution in [0.15, 0.2) is 63.1 Å². The highest BCUT2D eigenvalue weighted by Crippen LogP contribution is 2.36. The van der Waals surface area contributed by atoms with E-state index in [-0.39, 0.29) is 36.2 Å². The first-order chi connectivity index (χ1) is 17.8. The number of carbonyl (C=O) groups excluding carboxylic acids is 3. The number of ether oxygens (including phenoxy) is 3. The summed E-state index contributed by atoms with van der Waals surface area (Å²) in [6, 6.07) is 11.6. The van der Waals surface area contributed by atoms with E-state index in [0.717, 1.165) is 10.5 Å². The number of esters is 1. The van der Waals surface area contributed by atoms with E-state index < -0.39 is 17.9 Å². The first-order valence-electron chi connectivity index (χ1n) is 11.1. The minimum Gasteiger partial charge on any atom is -0.490 e. The molecule has 1 N–H and O–H groups in total. The SMILES string of the molecule is CCOc1cc(/C=C2\NC(=O)N(Cc3ccc(C(=O)OC)o3)C2=O)c(Br)cc1OCc1ccc(F)cc1. The molecule has 37 heavy (non-hydrogen) atoms. The van der Waals surface area contributed by atoms with Crippen molar-refractivity contribution >= 4 is 39.9 Å². The maximum atomic E-state index is 13.2. The fourth-order valence-corrected chi connectivity index (χ4v) is 3.92. The Hall–Kier alpha value is -4.12. The Balaban J connectivity index is 1.52. The second-order valence-corrected chi connectivity index (χ2v) is 8.66. The molecule has 0 unspecified atom stereocenters. The molecule has 4 rings (SSSR count). The van der Waals surface area contributed by atoms with E-state index in [1.54, 1.807) is 24.3 Å². The van der Waals surface area contributed by atoms with Gasteiger partial charge in [-0.2, -0.15) is 0 Å². The van der Waals surface area contributed by atoms with Crippen LogP contribution in [-0.2, 0) is 22.7 Å². The molecular formula is C26H22BrFN2O7. The lowest BCUT2D eigenvalue weighted by molar-refractivity contribution is -0.123. The van der Waals surface area contributed by atoms with Gasteiger partial charge in [-0.1, -0.05) is 28.1 Å². The lowest BCUT2D eigenvalue weighted by atomic mass is 10.1. The van der Waals surface area contributed by atoms with Gasteiger partial charge in [-0.3, -0.25) is 9.69 Å². The molecule has 9 nitrogen and oxygen atoms in total. The predicted octanol–water partition coefficient (Wildman–Crippen LogP) is 5.04. The van der Waals surface area contributed by atoms with Gasteiger partial charge < -0.3 is 23.9 Å². The van der Waals surface area contributed by atoms with Crippen LogP contribution in [0.25, 0.3) is 6.08 Å². The van der Waals surface area contributed by atoms with Gasteiger partial charge in [0, 0.05) is 4.47 Å². The molecule has 1 aliphatic rings. The molecule has 192 valence electrons. The molecule has 0 bridgehead atoms. The molecule has 1 aromatic heterocycles. The highest BCUT2D eigenvalue weighted by Gasteiger charge is 2.34. The molecule has 0 radical (unpaired) electrons. The normalized spacial score (nSPS) is 14.2. The third-order valence-corrected chi connectivity index (χ3v) is 5.98. The smallest absolute Gasteiger partial charge is 0.373 e. The van der Waals surface area contributed by atoms with Gasteiger partial charge in [-0.05, 0) is 60.5 Å². The first kappa shape index (κ1) is 26.0. The number of amides is 3. The maximum Gasteiger partial charge on any atom is 0.373 e. The number of halogens is 2. The van der Waals surface area contributed by atoms with Gasteiger partial charge in [0.2, 0.25) is 5.76 Å². The number of imide groups is 1. The Bertz CT molecular complexity index is 1370. The number of hydrogen-bond donors (Lipinski definition) is 1. The van der Waals surface area contributed by atoms with Gasteiger partial charge in [0.05, 0.1) is 20.3 Å². The molecule has 0 aliphatic carbocycles. The van der Waals surface area contributed by atoms with Crippen molar-refractivity contribution in [1.29, 1.82) is 0 Å². The van der Waals surface area contributed by atoms with E-state index in [9.17, 15) is 18.8 Å². The van der Waals surface area contributed by atoms with E-state index in [1.165, 1.54) is 37.5 Å². The molecule has 0 spiro atoms. The molecular weight excluding hydrogens is 551 g/mol. The van der Waals surface area contributed by atoms with Crippen LogP contribution in [0.3, 0.4) is 0 Å². The molecule has 3 amide bonds. The Morgan fingerprint density at radius 1 is 1.11 bits per heavy atom. The quantitative estimate of drug-likeness (QED) is 0.217. The summed E-state index contributed by atoms with van der Waals surface area (Å²) in [6.45, 7) is 2.22. The molecule has 0 atom stereocenters. The maximum absolute atomic E-state index is 13.2. The number of urea groups is 1.